The number of halogens is 1. The Bertz CT molecular complexity index is 1480. The van der Waals surface area contributed by atoms with Crippen LogP contribution in [0.25, 0.3) is 5.52 Å². The normalized spacial score (nSPS) is 18.2. The fraction of sp³-hybridized carbons (Fsp3) is 0.346. The second-order valence-corrected chi connectivity index (χ2v) is 10.7. The summed E-state index contributed by atoms with van der Waals surface area (Å²) in [6.07, 6.45) is 6.61. The van der Waals surface area contributed by atoms with Gasteiger partial charge in [-0.1, -0.05) is 17.9 Å². The maximum absolute atomic E-state index is 14.6. The van der Waals surface area contributed by atoms with Gasteiger partial charge >= 0.3 is 0 Å². The lowest BCUT2D eigenvalue weighted by atomic mass is 10.0. The topological polar surface area (TPSA) is 88.0 Å². The van der Waals surface area contributed by atoms with Gasteiger partial charge in [-0.2, -0.15) is 5.10 Å². The van der Waals surface area contributed by atoms with Crippen molar-refractivity contribution in [1.29, 1.82) is 0 Å². The molecule has 1 aliphatic rings. The van der Waals surface area contributed by atoms with Gasteiger partial charge in [0.2, 0.25) is 0 Å². The molecule has 0 spiro atoms. The number of anilines is 2. The molecule has 2 aromatic heterocycles. The maximum Gasteiger partial charge on any atom is 0.175 e. The first-order valence-electron chi connectivity index (χ1n) is 11.4. The number of hydrogen-bond donors (Lipinski definition) is 2. The molecule has 0 unspecified atom stereocenters. The molecule has 0 saturated carbocycles. The van der Waals surface area contributed by atoms with Gasteiger partial charge in [0.15, 0.2) is 15.5 Å². The molecule has 4 rings (SSSR count). The van der Waals surface area contributed by atoms with Gasteiger partial charge in [0.05, 0.1) is 41.4 Å². The van der Waals surface area contributed by atoms with E-state index >= 15 is 0 Å². The minimum Gasteiger partial charge on any atom is -0.495 e. The monoisotopic (exact) mass is 509 g/mol. The average molecular weight is 510 g/mol. The van der Waals surface area contributed by atoms with Gasteiger partial charge in [-0.25, -0.2) is 17.3 Å². The fourth-order valence-electron chi connectivity index (χ4n) is 4.13. The minimum atomic E-state index is -3.35. The van der Waals surface area contributed by atoms with Crippen molar-refractivity contribution in [3.05, 3.63) is 47.7 Å². The van der Waals surface area contributed by atoms with Crippen LogP contribution in [0.2, 0.25) is 0 Å². The molecule has 0 aliphatic carbocycles. The third-order valence-corrected chi connectivity index (χ3v) is 7.17. The number of likely N-dealkylation sites (tertiary alicyclic amines) is 1. The molecule has 1 aliphatic heterocycles. The van der Waals surface area contributed by atoms with E-state index in [9.17, 15) is 12.8 Å². The summed E-state index contributed by atoms with van der Waals surface area (Å²) >= 11 is 0. The van der Waals surface area contributed by atoms with Crippen LogP contribution in [-0.2, 0) is 9.84 Å². The van der Waals surface area contributed by atoms with E-state index in [1.54, 1.807) is 10.6 Å². The molecule has 2 N–H and O–H groups in total. The first kappa shape index (κ1) is 25.4. The fourth-order valence-corrected chi connectivity index (χ4v) is 4.77. The number of fused-ring (bicyclic) bond motifs is 1. The lowest BCUT2D eigenvalue weighted by Gasteiger charge is -2.33. The van der Waals surface area contributed by atoms with Crippen LogP contribution in [0.1, 0.15) is 17.7 Å². The summed E-state index contributed by atoms with van der Waals surface area (Å²) < 4.78 is 45.1. The van der Waals surface area contributed by atoms with Crippen LogP contribution in [0.5, 0.6) is 5.75 Å². The molecule has 1 fully saturated rings. The molecule has 10 heteroatoms. The number of pyridine rings is 1. The highest BCUT2D eigenvalue weighted by atomic mass is 32.2. The first-order valence-corrected chi connectivity index (χ1v) is 13.3. The van der Waals surface area contributed by atoms with Crippen LogP contribution in [0.15, 0.2) is 41.3 Å². The van der Waals surface area contributed by atoms with Crippen molar-refractivity contribution in [2.24, 2.45) is 0 Å². The Hall–Kier alpha value is -3.73. The van der Waals surface area contributed by atoms with E-state index in [-0.39, 0.29) is 17.5 Å². The Morgan fingerprint density at radius 2 is 2.11 bits per heavy atom. The summed E-state index contributed by atoms with van der Waals surface area (Å²) in [5.41, 5.74) is 2.31. The van der Waals surface area contributed by atoms with Crippen molar-refractivity contribution in [2.45, 2.75) is 23.5 Å². The molecule has 0 amide bonds. The number of alkyl halides is 1. The van der Waals surface area contributed by atoms with Crippen LogP contribution in [0.4, 0.5) is 15.9 Å². The number of hydrogen-bond acceptors (Lipinski definition) is 7. The zero-order valence-electron chi connectivity index (χ0n) is 20.4. The van der Waals surface area contributed by atoms with E-state index in [1.165, 1.54) is 19.2 Å². The Labute approximate surface area is 210 Å². The predicted molar refractivity (Wildman–Crippen MR) is 139 cm³/mol. The van der Waals surface area contributed by atoms with Crippen LogP contribution < -0.4 is 15.4 Å². The van der Waals surface area contributed by atoms with Crippen molar-refractivity contribution < 1.29 is 17.5 Å². The molecule has 1 aromatic carbocycles. The molecule has 2 atom stereocenters. The minimum absolute atomic E-state index is 0.170. The molecular weight excluding hydrogens is 481 g/mol. The smallest absolute Gasteiger partial charge is 0.175 e. The van der Waals surface area contributed by atoms with E-state index in [4.69, 9.17) is 11.2 Å². The summed E-state index contributed by atoms with van der Waals surface area (Å²) in [6.45, 7) is 1.44. The third kappa shape index (κ3) is 5.40. The van der Waals surface area contributed by atoms with E-state index in [0.29, 0.717) is 47.0 Å². The first-order chi connectivity index (χ1) is 17.2. The Morgan fingerprint density at radius 3 is 2.81 bits per heavy atom. The van der Waals surface area contributed by atoms with Crippen molar-refractivity contribution in [3.63, 3.8) is 0 Å². The van der Waals surface area contributed by atoms with E-state index in [0.717, 1.165) is 12.8 Å². The summed E-state index contributed by atoms with van der Waals surface area (Å²) in [4.78, 5) is 2.15. The number of piperidine rings is 1. The molecule has 188 valence electrons. The average Bonchev–Trinajstić information content (AvgIpc) is 3.21. The van der Waals surface area contributed by atoms with Crippen molar-refractivity contribution in [1.82, 2.24) is 14.5 Å². The summed E-state index contributed by atoms with van der Waals surface area (Å²) in [5.74, 6) is 9.73. The van der Waals surface area contributed by atoms with Gasteiger partial charge in [-0.05, 0) is 43.7 Å². The number of nitrogens with zero attached hydrogens (tertiary/aromatic N) is 3. The Morgan fingerprint density at radius 1 is 1.31 bits per heavy atom. The van der Waals surface area contributed by atoms with Gasteiger partial charge in [0.1, 0.15) is 17.7 Å². The van der Waals surface area contributed by atoms with E-state index in [2.05, 4.69) is 33.5 Å². The number of aromatic nitrogens is 2. The van der Waals surface area contributed by atoms with Crippen molar-refractivity contribution in [3.8, 4) is 29.9 Å². The van der Waals surface area contributed by atoms with Crippen LogP contribution in [-0.4, -0.2) is 75.2 Å². The van der Waals surface area contributed by atoms with Crippen LogP contribution in [0, 0.1) is 24.2 Å². The number of ether oxygens (including phenoxy) is 1. The number of terminal acetylenes is 1. The zero-order valence-corrected chi connectivity index (χ0v) is 21.2. The SMILES string of the molecule is C#Cc1c(C#CCNc2ccc(S(C)(=O)=O)cc2OC)nn2c(N[C@@H]3CCN(C)C[C@@H]3F)cccc12. The summed E-state index contributed by atoms with van der Waals surface area (Å²) in [5, 5.41) is 11.0. The highest BCUT2D eigenvalue weighted by Gasteiger charge is 2.28. The summed E-state index contributed by atoms with van der Waals surface area (Å²) in [6, 6.07) is 9.84. The second-order valence-electron chi connectivity index (χ2n) is 8.68. The molecule has 0 bridgehead atoms. The lowest BCUT2D eigenvalue weighted by Crippen LogP contribution is -2.46. The van der Waals surface area contributed by atoms with Gasteiger partial charge in [0, 0.05) is 25.4 Å². The number of sulfone groups is 1. The summed E-state index contributed by atoms with van der Waals surface area (Å²) in [7, 11) is 0.0364. The number of benzene rings is 1. The van der Waals surface area contributed by atoms with Crippen molar-refractivity contribution in [2.75, 3.05) is 50.7 Å². The van der Waals surface area contributed by atoms with E-state index < -0.39 is 16.0 Å². The molecule has 36 heavy (non-hydrogen) atoms. The highest BCUT2D eigenvalue weighted by Crippen LogP contribution is 2.27. The van der Waals surface area contributed by atoms with Gasteiger partial charge < -0.3 is 20.3 Å². The lowest BCUT2D eigenvalue weighted by molar-refractivity contribution is 0.149. The Balaban J connectivity index is 1.54. The van der Waals surface area contributed by atoms with Crippen LogP contribution >= 0.6 is 0 Å². The quantitative estimate of drug-likeness (QED) is 0.494. The second kappa shape index (κ2) is 10.5. The van der Waals surface area contributed by atoms with Gasteiger partial charge in [0.25, 0.3) is 0 Å². The Kier molecular flexibility index (Phi) is 7.39. The molecule has 3 aromatic rings. The van der Waals surface area contributed by atoms with Gasteiger partial charge in [-0.3, -0.25) is 0 Å². The molecule has 0 radical (unpaired) electrons. The maximum atomic E-state index is 14.6. The van der Waals surface area contributed by atoms with Crippen LogP contribution in [0.3, 0.4) is 0 Å². The third-order valence-electron chi connectivity index (χ3n) is 6.05. The molecular formula is C26H28FN5O3S. The number of nitrogens with one attached hydrogen (secondary N) is 2. The van der Waals surface area contributed by atoms with E-state index in [1.807, 2.05) is 30.1 Å². The highest BCUT2D eigenvalue weighted by molar-refractivity contribution is 7.90. The standard InChI is InChI=1S/C26H28FN5O3S/c1-5-19-21(8-7-14-28-23-12-11-18(36(4,33)34)16-25(23)35-3)30-32-24(19)9-6-10-26(32)29-22-13-15-31(2)17-20(22)27/h1,6,9-12,16,20,22,28-29H,13-15,17H2,2-4H3/t20-,22+/m0/s1. The predicted octanol–water partition coefficient (Wildman–Crippen LogP) is 2.65. The van der Waals surface area contributed by atoms with Gasteiger partial charge in [-0.15, -0.1) is 6.42 Å². The number of rotatable bonds is 6. The molecule has 8 nitrogen and oxygen atoms in total. The number of methoxy groups -OCH3 is 1. The molecule has 3 heterocycles. The largest absolute Gasteiger partial charge is 0.495 e. The zero-order chi connectivity index (χ0) is 25.9. The molecule has 1 saturated heterocycles. The van der Waals surface area contributed by atoms with Crippen molar-refractivity contribution >= 4 is 26.9 Å².